The number of nitrogens with zero attached hydrogens (tertiary/aromatic N) is 2. The molecule has 182 valence electrons. The summed E-state index contributed by atoms with van der Waals surface area (Å²) in [5.41, 5.74) is 0.290. The average Bonchev–Trinajstić information content (AvgIpc) is 2.88. The van der Waals surface area contributed by atoms with Gasteiger partial charge in [0, 0.05) is 44.4 Å². The summed E-state index contributed by atoms with van der Waals surface area (Å²) in [6, 6.07) is 16.3. The second kappa shape index (κ2) is 11.5. The number of carbonyl (C=O) groups excluding carboxylic acids is 2. The Morgan fingerprint density at radius 1 is 0.824 bits per heavy atom. The van der Waals surface area contributed by atoms with E-state index in [1.807, 2.05) is 40.1 Å². The van der Waals surface area contributed by atoms with Crippen LogP contribution in [0.25, 0.3) is 0 Å². The van der Waals surface area contributed by atoms with Crippen LogP contribution in [-0.4, -0.2) is 54.4 Å². The van der Waals surface area contributed by atoms with E-state index in [2.05, 4.69) is 0 Å². The van der Waals surface area contributed by atoms with Gasteiger partial charge in [0.15, 0.2) is 0 Å². The molecule has 0 saturated carbocycles. The van der Waals surface area contributed by atoms with Gasteiger partial charge in [0.25, 0.3) is 0 Å². The molecule has 0 N–H and O–H groups in total. The number of hydrogen-bond acceptors (Lipinski definition) is 3. The highest BCUT2D eigenvalue weighted by Gasteiger charge is 2.39. The highest BCUT2D eigenvalue weighted by Crippen LogP contribution is 2.37. The summed E-state index contributed by atoms with van der Waals surface area (Å²) in [4.78, 5) is 29.9. The van der Waals surface area contributed by atoms with Gasteiger partial charge >= 0.3 is 0 Å². The molecular formula is C28H35FN2O3. The molecule has 2 fully saturated rings. The molecule has 0 atom stereocenters. The lowest BCUT2D eigenvalue weighted by atomic mass is 9.75. The minimum Gasteiger partial charge on any atom is -0.493 e. The molecule has 34 heavy (non-hydrogen) atoms. The predicted molar refractivity (Wildman–Crippen MR) is 130 cm³/mol. The van der Waals surface area contributed by atoms with E-state index in [0.29, 0.717) is 44.5 Å². The van der Waals surface area contributed by atoms with Crippen LogP contribution in [0.5, 0.6) is 5.75 Å². The Morgan fingerprint density at radius 3 is 2.18 bits per heavy atom. The normalized spacial score (nSPS) is 17.9. The standard InChI is InChI=1S/C28H35FN2O3/c29-25-12-6-5-9-23(25)13-14-26(32)31-19-15-28(16-20-31,22-34-24-10-3-1-4-11-24)21-27(33)30-17-7-2-8-18-30/h1,3-6,9-12H,2,7-8,13-22H2. The fourth-order valence-corrected chi connectivity index (χ4v) is 5.03. The number of benzene rings is 2. The second-order valence-corrected chi connectivity index (χ2v) is 9.69. The van der Waals surface area contributed by atoms with Crippen molar-refractivity contribution in [2.75, 3.05) is 32.8 Å². The zero-order valence-electron chi connectivity index (χ0n) is 19.9. The van der Waals surface area contributed by atoms with E-state index in [1.54, 1.807) is 18.2 Å². The van der Waals surface area contributed by atoms with Gasteiger partial charge in [-0.2, -0.15) is 0 Å². The van der Waals surface area contributed by atoms with Crippen LogP contribution in [0.4, 0.5) is 4.39 Å². The molecule has 0 radical (unpaired) electrons. The Morgan fingerprint density at radius 2 is 1.47 bits per heavy atom. The van der Waals surface area contributed by atoms with Crippen LogP contribution in [0.2, 0.25) is 0 Å². The first kappa shape index (κ1) is 24.2. The fraction of sp³-hybridized carbons (Fsp3) is 0.500. The predicted octanol–water partition coefficient (Wildman–Crippen LogP) is 4.85. The van der Waals surface area contributed by atoms with Gasteiger partial charge < -0.3 is 14.5 Å². The van der Waals surface area contributed by atoms with Crippen molar-refractivity contribution in [1.29, 1.82) is 0 Å². The van der Waals surface area contributed by atoms with E-state index in [9.17, 15) is 14.0 Å². The maximum atomic E-state index is 13.9. The minimum atomic E-state index is -0.285. The van der Waals surface area contributed by atoms with E-state index >= 15 is 0 Å². The molecule has 0 spiro atoms. The van der Waals surface area contributed by atoms with Crippen LogP contribution in [0.3, 0.4) is 0 Å². The minimum absolute atomic E-state index is 0.0446. The topological polar surface area (TPSA) is 49.9 Å². The monoisotopic (exact) mass is 466 g/mol. The van der Waals surface area contributed by atoms with Crippen molar-refractivity contribution >= 4 is 11.8 Å². The number of likely N-dealkylation sites (tertiary alicyclic amines) is 2. The third-order valence-corrected chi connectivity index (χ3v) is 7.27. The molecule has 6 heteroatoms. The Bertz CT molecular complexity index is 951. The zero-order valence-corrected chi connectivity index (χ0v) is 19.9. The van der Waals surface area contributed by atoms with E-state index in [1.165, 1.54) is 12.5 Å². The molecule has 2 aliphatic heterocycles. The number of aryl methyl sites for hydroxylation is 1. The van der Waals surface area contributed by atoms with E-state index in [0.717, 1.165) is 44.5 Å². The third kappa shape index (κ3) is 6.37. The number of para-hydroxylation sites is 1. The summed E-state index contributed by atoms with van der Waals surface area (Å²) in [5, 5.41) is 0. The molecule has 2 aromatic carbocycles. The number of rotatable bonds is 8. The third-order valence-electron chi connectivity index (χ3n) is 7.27. The molecule has 4 rings (SSSR count). The summed E-state index contributed by atoms with van der Waals surface area (Å²) in [5.74, 6) is 0.789. The lowest BCUT2D eigenvalue weighted by Crippen LogP contribution is -2.48. The van der Waals surface area contributed by atoms with Crippen LogP contribution in [0, 0.1) is 11.2 Å². The smallest absolute Gasteiger partial charge is 0.223 e. The number of ether oxygens (including phenoxy) is 1. The SMILES string of the molecule is O=C(CCc1ccccc1F)N1CCC(COc2ccccc2)(CC(=O)N2CCCCC2)CC1. The van der Waals surface area contributed by atoms with E-state index in [-0.39, 0.29) is 23.0 Å². The average molecular weight is 467 g/mol. The van der Waals surface area contributed by atoms with Crippen molar-refractivity contribution in [3.63, 3.8) is 0 Å². The Labute approximate surface area is 201 Å². The van der Waals surface area contributed by atoms with Crippen molar-refractivity contribution in [2.45, 2.75) is 51.4 Å². The number of piperidine rings is 2. The van der Waals surface area contributed by atoms with Crippen molar-refractivity contribution in [2.24, 2.45) is 5.41 Å². The van der Waals surface area contributed by atoms with Crippen LogP contribution in [0.15, 0.2) is 54.6 Å². The lowest BCUT2D eigenvalue weighted by Gasteiger charge is -2.42. The summed E-state index contributed by atoms with van der Waals surface area (Å²) in [6.45, 7) is 3.35. The van der Waals surface area contributed by atoms with Gasteiger partial charge in [-0.15, -0.1) is 0 Å². The van der Waals surface area contributed by atoms with Crippen LogP contribution >= 0.6 is 0 Å². The maximum Gasteiger partial charge on any atom is 0.223 e. The zero-order chi connectivity index (χ0) is 23.8. The van der Waals surface area contributed by atoms with Gasteiger partial charge in [-0.3, -0.25) is 9.59 Å². The van der Waals surface area contributed by atoms with Gasteiger partial charge in [0.05, 0.1) is 6.61 Å². The van der Waals surface area contributed by atoms with E-state index in [4.69, 9.17) is 4.74 Å². The fourth-order valence-electron chi connectivity index (χ4n) is 5.03. The lowest BCUT2D eigenvalue weighted by molar-refractivity contribution is -0.138. The van der Waals surface area contributed by atoms with Crippen LogP contribution < -0.4 is 4.74 Å². The number of hydrogen-bond donors (Lipinski definition) is 0. The Balaban J connectivity index is 1.36. The first-order valence-electron chi connectivity index (χ1n) is 12.5. The summed E-state index contributed by atoms with van der Waals surface area (Å²) < 4.78 is 20.0. The molecule has 0 bridgehead atoms. The molecule has 2 amide bonds. The largest absolute Gasteiger partial charge is 0.493 e. The molecule has 5 nitrogen and oxygen atoms in total. The number of carbonyl (C=O) groups is 2. The Kier molecular flexibility index (Phi) is 8.20. The molecule has 0 aliphatic carbocycles. The van der Waals surface area contributed by atoms with Crippen molar-refractivity contribution in [3.8, 4) is 5.75 Å². The summed E-state index contributed by atoms with van der Waals surface area (Å²) in [7, 11) is 0. The molecule has 2 aromatic rings. The quantitative estimate of drug-likeness (QED) is 0.559. The first-order chi connectivity index (χ1) is 16.5. The second-order valence-electron chi connectivity index (χ2n) is 9.69. The van der Waals surface area contributed by atoms with E-state index < -0.39 is 0 Å². The maximum absolute atomic E-state index is 13.9. The van der Waals surface area contributed by atoms with Gasteiger partial charge in [-0.1, -0.05) is 36.4 Å². The van der Waals surface area contributed by atoms with Crippen LogP contribution in [-0.2, 0) is 16.0 Å². The number of amides is 2. The van der Waals surface area contributed by atoms with Gasteiger partial charge in [-0.25, -0.2) is 4.39 Å². The molecular weight excluding hydrogens is 431 g/mol. The first-order valence-corrected chi connectivity index (χ1v) is 12.5. The molecule has 2 heterocycles. The van der Waals surface area contributed by atoms with Crippen molar-refractivity contribution < 1.29 is 18.7 Å². The summed E-state index contributed by atoms with van der Waals surface area (Å²) >= 11 is 0. The highest BCUT2D eigenvalue weighted by molar-refractivity contribution is 5.78. The Hall–Kier alpha value is -2.89. The number of halogens is 1. The molecule has 2 aliphatic rings. The van der Waals surface area contributed by atoms with Gasteiger partial charge in [0.2, 0.25) is 11.8 Å². The molecule has 2 saturated heterocycles. The van der Waals surface area contributed by atoms with Crippen LogP contribution in [0.1, 0.15) is 50.5 Å². The summed E-state index contributed by atoms with van der Waals surface area (Å²) in [6.07, 6.45) is 5.94. The van der Waals surface area contributed by atoms with Gasteiger partial charge in [-0.05, 0) is 62.3 Å². The van der Waals surface area contributed by atoms with Gasteiger partial charge in [0.1, 0.15) is 11.6 Å². The highest BCUT2D eigenvalue weighted by atomic mass is 19.1. The molecule has 0 aromatic heterocycles. The molecule has 0 unspecified atom stereocenters. The van der Waals surface area contributed by atoms with Crippen molar-refractivity contribution in [3.05, 3.63) is 66.0 Å². The van der Waals surface area contributed by atoms with Crippen molar-refractivity contribution in [1.82, 2.24) is 9.80 Å².